The first-order valence-electron chi connectivity index (χ1n) is 5.18. The molecule has 0 spiro atoms. The Morgan fingerprint density at radius 1 is 1.11 bits per heavy atom. The van der Waals surface area contributed by atoms with E-state index in [0.717, 1.165) is 17.8 Å². The lowest BCUT2D eigenvalue weighted by Gasteiger charge is -2.09. The fourth-order valence-corrected chi connectivity index (χ4v) is 1.35. The summed E-state index contributed by atoms with van der Waals surface area (Å²) in [5.74, 6) is 0.486. The third-order valence-electron chi connectivity index (χ3n) is 2.23. The lowest BCUT2D eigenvalue weighted by atomic mass is 10.3. The van der Waals surface area contributed by atoms with Gasteiger partial charge in [-0.05, 0) is 30.7 Å². The van der Waals surface area contributed by atoms with E-state index in [4.69, 9.17) is 0 Å². The minimum atomic E-state index is -4.45. The topological polar surface area (TPSA) is 37.8 Å². The van der Waals surface area contributed by atoms with Crippen LogP contribution in [0.5, 0.6) is 0 Å². The molecule has 0 aromatic carbocycles. The summed E-state index contributed by atoms with van der Waals surface area (Å²) in [6.45, 7) is 1.88. The van der Waals surface area contributed by atoms with Crippen LogP contribution in [0.1, 0.15) is 11.3 Å². The average molecular weight is 253 g/mol. The van der Waals surface area contributed by atoms with Gasteiger partial charge in [-0.2, -0.15) is 13.2 Å². The van der Waals surface area contributed by atoms with Crippen molar-refractivity contribution in [3.63, 3.8) is 0 Å². The Morgan fingerprint density at radius 2 is 1.89 bits per heavy atom. The molecule has 94 valence electrons. The number of alkyl halides is 3. The molecule has 0 saturated heterocycles. The quantitative estimate of drug-likeness (QED) is 0.889. The van der Waals surface area contributed by atoms with Gasteiger partial charge < -0.3 is 5.32 Å². The van der Waals surface area contributed by atoms with Crippen LogP contribution in [0.15, 0.2) is 36.7 Å². The van der Waals surface area contributed by atoms with Gasteiger partial charge in [0, 0.05) is 18.1 Å². The van der Waals surface area contributed by atoms with E-state index < -0.39 is 11.9 Å². The summed E-state index contributed by atoms with van der Waals surface area (Å²) >= 11 is 0. The first-order chi connectivity index (χ1) is 8.45. The Kier molecular flexibility index (Phi) is 3.18. The highest BCUT2D eigenvalue weighted by atomic mass is 19.4. The Hall–Kier alpha value is -2.11. The fraction of sp³-hybridized carbons (Fsp3) is 0.167. The van der Waals surface area contributed by atoms with Crippen LogP contribution in [-0.4, -0.2) is 9.97 Å². The predicted octanol–water partition coefficient (Wildman–Crippen LogP) is 3.55. The largest absolute Gasteiger partial charge is 0.433 e. The van der Waals surface area contributed by atoms with Gasteiger partial charge in [-0.1, -0.05) is 6.07 Å². The first kappa shape index (κ1) is 12.3. The monoisotopic (exact) mass is 253 g/mol. The Labute approximate surface area is 102 Å². The summed E-state index contributed by atoms with van der Waals surface area (Å²) in [7, 11) is 0. The molecule has 0 unspecified atom stereocenters. The molecular weight excluding hydrogens is 243 g/mol. The van der Waals surface area contributed by atoms with Gasteiger partial charge in [0.2, 0.25) is 0 Å². The standard InChI is InChI=1S/C12H10F3N3/c1-8-2-3-11(17-7-8)18-9-4-5-16-10(6-9)12(13,14)15/h2-7H,1H3,(H,16,17,18). The molecule has 0 amide bonds. The molecule has 0 aliphatic rings. The summed E-state index contributed by atoms with van der Waals surface area (Å²) < 4.78 is 37.4. The molecule has 2 rings (SSSR count). The Balaban J connectivity index is 2.22. The fourth-order valence-electron chi connectivity index (χ4n) is 1.35. The van der Waals surface area contributed by atoms with Crippen LogP contribution in [0.2, 0.25) is 0 Å². The SMILES string of the molecule is Cc1ccc(Nc2ccnc(C(F)(F)F)c2)nc1. The van der Waals surface area contributed by atoms with Crippen molar-refractivity contribution in [2.24, 2.45) is 0 Å². The Bertz CT molecular complexity index is 535. The van der Waals surface area contributed by atoms with Gasteiger partial charge >= 0.3 is 6.18 Å². The predicted molar refractivity (Wildman–Crippen MR) is 61.5 cm³/mol. The minimum absolute atomic E-state index is 0.300. The summed E-state index contributed by atoms with van der Waals surface area (Å²) in [6.07, 6.45) is -1.70. The second-order valence-corrected chi connectivity index (χ2v) is 3.77. The smallest absolute Gasteiger partial charge is 0.340 e. The van der Waals surface area contributed by atoms with Crippen molar-refractivity contribution >= 4 is 11.5 Å². The van der Waals surface area contributed by atoms with E-state index >= 15 is 0 Å². The molecule has 2 heterocycles. The first-order valence-corrected chi connectivity index (χ1v) is 5.18. The highest BCUT2D eigenvalue weighted by Gasteiger charge is 2.32. The molecule has 2 aromatic rings. The number of anilines is 2. The van der Waals surface area contributed by atoms with Crippen LogP contribution in [-0.2, 0) is 6.18 Å². The normalized spacial score (nSPS) is 11.3. The zero-order chi connectivity index (χ0) is 13.2. The molecule has 2 aromatic heterocycles. The van der Waals surface area contributed by atoms with Crippen LogP contribution >= 0.6 is 0 Å². The molecule has 6 heteroatoms. The van der Waals surface area contributed by atoms with Crippen molar-refractivity contribution in [3.8, 4) is 0 Å². The van der Waals surface area contributed by atoms with Crippen molar-refractivity contribution in [1.82, 2.24) is 9.97 Å². The molecule has 3 nitrogen and oxygen atoms in total. The van der Waals surface area contributed by atoms with Crippen molar-refractivity contribution < 1.29 is 13.2 Å². The maximum atomic E-state index is 12.5. The van der Waals surface area contributed by atoms with Crippen LogP contribution in [0.25, 0.3) is 0 Å². The Morgan fingerprint density at radius 3 is 2.50 bits per heavy atom. The van der Waals surface area contributed by atoms with Gasteiger partial charge in [-0.3, -0.25) is 4.98 Å². The maximum absolute atomic E-state index is 12.5. The van der Waals surface area contributed by atoms with Gasteiger partial charge in [-0.25, -0.2) is 4.98 Å². The van der Waals surface area contributed by atoms with Crippen molar-refractivity contribution in [2.45, 2.75) is 13.1 Å². The van der Waals surface area contributed by atoms with Gasteiger partial charge in [0.1, 0.15) is 11.5 Å². The summed E-state index contributed by atoms with van der Waals surface area (Å²) in [6, 6.07) is 5.92. The zero-order valence-corrected chi connectivity index (χ0v) is 9.49. The summed E-state index contributed by atoms with van der Waals surface area (Å²) in [5, 5.41) is 2.79. The van der Waals surface area contributed by atoms with Gasteiger partial charge in [0.05, 0.1) is 0 Å². The molecule has 1 N–H and O–H groups in total. The van der Waals surface area contributed by atoms with E-state index in [0.29, 0.717) is 11.5 Å². The minimum Gasteiger partial charge on any atom is -0.340 e. The second-order valence-electron chi connectivity index (χ2n) is 3.77. The number of pyridine rings is 2. The molecule has 0 radical (unpaired) electrons. The van der Waals surface area contributed by atoms with Crippen LogP contribution in [0, 0.1) is 6.92 Å². The van der Waals surface area contributed by atoms with E-state index in [9.17, 15) is 13.2 Å². The van der Waals surface area contributed by atoms with Crippen molar-refractivity contribution in [2.75, 3.05) is 5.32 Å². The lowest BCUT2D eigenvalue weighted by molar-refractivity contribution is -0.141. The van der Waals surface area contributed by atoms with Crippen LogP contribution < -0.4 is 5.32 Å². The number of halogens is 3. The molecule has 0 fully saturated rings. The zero-order valence-electron chi connectivity index (χ0n) is 9.49. The van der Waals surface area contributed by atoms with Gasteiger partial charge in [0.15, 0.2) is 0 Å². The van der Waals surface area contributed by atoms with E-state index in [1.165, 1.54) is 6.07 Å². The molecule has 18 heavy (non-hydrogen) atoms. The molecular formula is C12H10F3N3. The number of rotatable bonds is 2. The second kappa shape index (κ2) is 4.64. The van der Waals surface area contributed by atoms with Crippen molar-refractivity contribution in [1.29, 1.82) is 0 Å². The van der Waals surface area contributed by atoms with E-state index in [1.807, 2.05) is 13.0 Å². The van der Waals surface area contributed by atoms with Crippen molar-refractivity contribution in [3.05, 3.63) is 47.9 Å². The molecule has 0 bridgehead atoms. The van der Waals surface area contributed by atoms with E-state index in [2.05, 4.69) is 15.3 Å². The van der Waals surface area contributed by atoms with Gasteiger partial charge in [0.25, 0.3) is 0 Å². The number of nitrogens with zero attached hydrogens (tertiary/aromatic N) is 2. The van der Waals surface area contributed by atoms with Crippen LogP contribution in [0.3, 0.4) is 0 Å². The van der Waals surface area contributed by atoms with Crippen LogP contribution in [0.4, 0.5) is 24.7 Å². The van der Waals surface area contributed by atoms with Gasteiger partial charge in [-0.15, -0.1) is 0 Å². The number of hydrogen-bond donors (Lipinski definition) is 1. The molecule has 0 saturated carbocycles. The maximum Gasteiger partial charge on any atom is 0.433 e. The summed E-state index contributed by atoms with van der Waals surface area (Å²) in [5.41, 5.74) is 0.347. The third-order valence-corrected chi connectivity index (χ3v) is 2.23. The highest BCUT2D eigenvalue weighted by molar-refractivity contribution is 5.56. The molecule has 0 atom stereocenters. The number of nitrogens with one attached hydrogen (secondary N) is 1. The number of aromatic nitrogens is 2. The van der Waals surface area contributed by atoms with E-state index in [1.54, 1.807) is 12.3 Å². The number of aryl methyl sites for hydroxylation is 1. The average Bonchev–Trinajstić information content (AvgIpc) is 2.31. The molecule has 0 aliphatic carbocycles. The number of hydrogen-bond acceptors (Lipinski definition) is 3. The highest BCUT2D eigenvalue weighted by Crippen LogP contribution is 2.29. The summed E-state index contributed by atoms with van der Waals surface area (Å²) in [4.78, 5) is 7.33. The lowest BCUT2D eigenvalue weighted by Crippen LogP contribution is -2.08. The molecule has 0 aliphatic heterocycles. The third kappa shape index (κ3) is 2.97. The van der Waals surface area contributed by atoms with E-state index in [-0.39, 0.29) is 0 Å².